The smallest absolute Gasteiger partial charge is 0.307 e. The van der Waals surface area contributed by atoms with Gasteiger partial charge in [0.05, 0.1) is 18.3 Å². The van der Waals surface area contributed by atoms with Crippen molar-refractivity contribution in [1.29, 1.82) is 0 Å². The van der Waals surface area contributed by atoms with Gasteiger partial charge in [0.1, 0.15) is 44.8 Å². The van der Waals surface area contributed by atoms with E-state index < -0.39 is 21.9 Å². The summed E-state index contributed by atoms with van der Waals surface area (Å²) in [6.07, 6.45) is 3.03. The van der Waals surface area contributed by atoms with Crippen LogP contribution in [0.15, 0.2) is 60.7 Å². The molecule has 2 aliphatic carbocycles. The van der Waals surface area contributed by atoms with Crippen molar-refractivity contribution in [2.75, 3.05) is 18.6 Å². The van der Waals surface area contributed by atoms with Crippen LogP contribution in [0.25, 0.3) is 0 Å². The van der Waals surface area contributed by atoms with Gasteiger partial charge in [0.25, 0.3) is 0 Å². The molecular formula is C29H29FO7S. The number of carbonyl (C=O) groups is 1. The standard InChI is InChI=1S/C29H29FO7S/c1-38(33,34)16-2-15-35-19-7-9-21(10-8-19)36-26-14-12-25(30)28-22(26)11-13-27(28)37-20-5-3-18(4-6-20)23-17-24(23)29(31)32/h3-10,12,14,23-24,27H,2,11,13,15-17H2,1H3,(H,31,32)/t23-,24+,27-/m1/s1. The van der Waals surface area contributed by atoms with E-state index in [9.17, 15) is 17.6 Å². The van der Waals surface area contributed by atoms with Crippen molar-refractivity contribution in [2.45, 2.75) is 37.7 Å². The van der Waals surface area contributed by atoms with Gasteiger partial charge in [-0.1, -0.05) is 12.1 Å². The normalized spacial score (nSPS) is 20.0. The summed E-state index contributed by atoms with van der Waals surface area (Å²) in [5, 5.41) is 9.15. The maximum Gasteiger partial charge on any atom is 0.307 e. The quantitative estimate of drug-likeness (QED) is 0.312. The molecule has 1 fully saturated rings. The molecule has 3 atom stereocenters. The second kappa shape index (κ2) is 10.6. The first kappa shape index (κ1) is 26.0. The summed E-state index contributed by atoms with van der Waals surface area (Å²) < 4.78 is 55.1. The predicted octanol–water partition coefficient (Wildman–Crippen LogP) is 5.69. The third kappa shape index (κ3) is 6.10. The summed E-state index contributed by atoms with van der Waals surface area (Å²) in [6, 6.07) is 17.4. The van der Waals surface area contributed by atoms with Crippen LogP contribution in [-0.4, -0.2) is 38.1 Å². The molecule has 9 heteroatoms. The molecule has 0 saturated heterocycles. The van der Waals surface area contributed by atoms with Crippen molar-refractivity contribution in [3.63, 3.8) is 0 Å². The van der Waals surface area contributed by atoms with E-state index in [1.54, 1.807) is 30.3 Å². The van der Waals surface area contributed by atoms with Gasteiger partial charge in [-0.05, 0) is 85.7 Å². The maximum absolute atomic E-state index is 14.9. The fourth-order valence-corrected chi connectivity index (χ4v) is 5.53. The Morgan fingerprint density at radius 2 is 1.68 bits per heavy atom. The van der Waals surface area contributed by atoms with Gasteiger partial charge >= 0.3 is 5.97 Å². The highest BCUT2D eigenvalue weighted by molar-refractivity contribution is 7.90. The Balaban J connectivity index is 1.22. The van der Waals surface area contributed by atoms with Crippen LogP contribution in [0.2, 0.25) is 0 Å². The first-order chi connectivity index (χ1) is 18.2. The van der Waals surface area contributed by atoms with Crippen LogP contribution in [0.3, 0.4) is 0 Å². The highest BCUT2D eigenvalue weighted by Crippen LogP contribution is 2.48. The summed E-state index contributed by atoms with van der Waals surface area (Å²) in [6.45, 7) is 0.298. The van der Waals surface area contributed by atoms with Gasteiger partial charge in [-0.2, -0.15) is 0 Å². The zero-order valence-electron chi connectivity index (χ0n) is 20.9. The average molecular weight is 541 g/mol. The van der Waals surface area contributed by atoms with Crippen molar-refractivity contribution in [1.82, 2.24) is 0 Å². The molecule has 2 aliphatic rings. The molecule has 0 spiro atoms. The number of ether oxygens (including phenoxy) is 3. The second-order valence-electron chi connectivity index (χ2n) is 9.84. The van der Waals surface area contributed by atoms with E-state index in [1.807, 2.05) is 24.3 Å². The molecule has 0 heterocycles. The average Bonchev–Trinajstić information content (AvgIpc) is 3.58. The van der Waals surface area contributed by atoms with Gasteiger partial charge in [0.2, 0.25) is 0 Å². The fourth-order valence-electron chi connectivity index (χ4n) is 4.89. The van der Waals surface area contributed by atoms with Gasteiger partial charge in [-0.3, -0.25) is 4.79 Å². The van der Waals surface area contributed by atoms with Crippen molar-refractivity contribution in [3.05, 3.63) is 83.2 Å². The Bertz CT molecular complexity index is 1420. The van der Waals surface area contributed by atoms with Gasteiger partial charge in [-0.25, -0.2) is 12.8 Å². The lowest BCUT2D eigenvalue weighted by Gasteiger charge is -2.17. The lowest BCUT2D eigenvalue weighted by Crippen LogP contribution is -2.07. The molecule has 7 nitrogen and oxygen atoms in total. The van der Waals surface area contributed by atoms with Crippen molar-refractivity contribution >= 4 is 15.8 Å². The Morgan fingerprint density at radius 1 is 1.00 bits per heavy atom. The summed E-state index contributed by atoms with van der Waals surface area (Å²) in [7, 11) is -3.01. The minimum absolute atomic E-state index is 0.0476. The van der Waals surface area contributed by atoms with Crippen LogP contribution in [0.4, 0.5) is 4.39 Å². The molecule has 0 unspecified atom stereocenters. The van der Waals surface area contributed by atoms with E-state index in [1.165, 1.54) is 12.3 Å². The molecule has 38 heavy (non-hydrogen) atoms. The third-order valence-corrected chi connectivity index (χ3v) is 7.94. The van der Waals surface area contributed by atoms with E-state index in [0.29, 0.717) is 60.9 Å². The monoisotopic (exact) mass is 540 g/mol. The Labute approximate surface area is 221 Å². The van der Waals surface area contributed by atoms with Crippen LogP contribution in [0.1, 0.15) is 48.0 Å². The van der Waals surface area contributed by atoms with Crippen LogP contribution in [0, 0.1) is 11.7 Å². The van der Waals surface area contributed by atoms with E-state index in [-0.39, 0.29) is 23.4 Å². The molecule has 0 radical (unpaired) electrons. The molecular weight excluding hydrogens is 511 g/mol. The highest BCUT2D eigenvalue weighted by Gasteiger charge is 2.44. The predicted molar refractivity (Wildman–Crippen MR) is 139 cm³/mol. The molecule has 0 aromatic heterocycles. The molecule has 3 aromatic rings. The Hall–Kier alpha value is -3.59. The van der Waals surface area contributed by atoms with Crippen LogP contribution in [0.5, 0.6) is 23.0 Å². The lowest BCUT2D eigenvalue weighted by molar-refractivity contribution is -0.138. The molecule has 200 valence electrons. The SMILES string of the molecule is CS(=O)(=O)CCCOc1ccc(Oc2ccc(F)c3c2CC[C@H]3Oc2ccc([C@H]3C[C@@H]3C(=O)O)cc2)cc1. The highest BCUT2D eigenvalue weighted by atomic mass is 32.2. The zero-order chi connectivity index (χ0) is 26.9. The molecule has 1 N–H and O–H groups in total. The second-order valence-corrected chi connectivity index (χ2v) is 12.1. The summed E-state index contributed by atoms with van der Waals surface area (Å²) in [4.78, 5) is 11.1. The van der Waals surface area contributed by atoms with E-state index >= 15 is 0 Å². The molecule has 0 bridgehead atoms. The van der Waals surface area contributed by atoms with Crippen molar-refractivity contribution in [3.8, 4) is 23.0 Å². The number of hydrogen-bond donors (Lipinski definition) is 1. The number of sulfone groups is 1. The maximum atomic E-state index is 14.9. The van der Waals surface area contributed by atoms with Gasteiger partial charge in [0, 0.05) is 17.4 Å². The van der Waals surface area contributed by atoms with Crippen molar-refractivity contribution in [2.24, 2.45) is 5.92 Å². The Kier molecular flexibility index (Phi) is 7.29. The minimum Gasteiger partial charge on any atom is -0.494 e. The van der Waals surface area contributed by atoms with Gasteiger partial charge < -0.3 is 19.3 Å². The molecule has 0 aliphatic heterocycles. The number of carboxylic acid groups (broad SMARTS) is 1. The molecule has 3 aromatic carbocycles. The molecule has 1 saturated carbocycles. The lowest BCUT2D eigenvalue weighted by atomic mass is 10.1. The van der Waals surface area contributed by atoms with Crippen LogP contribution >= 0.6 is 0 Å². The first-order valence-electron chi connectivity index (χ1n) is 12.6. The van der Waals surface area contributed by atoms with E-state index in [2.05, 4.69) is 0 Å². The summed E-state index contributed by atoms with van der Waals surface area (Å²) >= 11 is 0. The van der Waals surface area contributed by atoms with Gasteiger partial charge in [-0.15, -0.1) is 0 Å². The number of benzene rings is 3. The number of halogens is 1. The number of fused-ring (bicyclic) bond motifs is 1. The number of carboxylic acids is 1. The largest absolute Gasteiger partial charge is 0.494 e. The topological polar surface area (TPSA) is 99.1 Å². The summed E-state index contributed by atoms with van der Waals surface area (Å²) in [5.41, 5.74) is 2.24. The van der Waals surface area contributed by atoms with E-state index in [0.717, 1.165) is 11.1 Å². The first-order valence-corrected chi connectivity index (χ1v) is 14.6. The van der Waals surface area contributed by atoms with Gasteiger partial charge in [0.15, 0.2) is 0 Å². The van der Waals surface area contributed by atoms with Crippen LogP contribution in [-0.2, 0) is 21.1 Å². The minimum atomic E-state index is -3.01. The van der Waals surface area contributed by atoms with Crippen LogP contribution < -0.4 is 14.2 Å². The third-order valence-electron chi connectivity index (χ3n) is 6.91. The zero-order valence-corrected chi connectivity index (χ0v) is 21.7. The Morgan fingerprint density at radius 3 is 2.34 bits per heavy atom. The number of aliphatic carboxylic acids is 1. The van der Waals surface area contributed by atoms with E-state index in [4.69, 9.17) is 19.3 Å². The summed E-state index contributed by atoms with van der Waals surface area (Å²) in [5.74, 6) is 1.06. The molecule has 0 amide bonds. The number of rotatable bonds is 11. The molecule has 5 rings (SSSR count). The number of hydrogen-bond acceptors (Lipinski definition) is 6. The fraction of sp³-hybridized carbons (Fsp3) is 0.345. The van der Waals surface area contributed by atoms with Crippen molar-refractivity contribution < 1.29 is 36.9 Å².